The largest absolute Gasteiger partial charge is 0.496 e. The molecule has 1 aromatic carbocycles. The van der Waals surface area contributed by atoms with Crippen LogP contribution in [-0.2, 0) is 4.74 Å². The molecule has 0 N–H and O–H groups in total. The van der Waals surface area contributed by atoms with Crippen molar-refractivity contribution in [3.8, 4) is 5.75 Å². The number of nitrogens with zero attached hydrogens (tertiary/aromatic N) is 1. The van der Waals surface area contributed by atoms with Crippen molar-refractivity contribution in [1.29, 1.82) is 0 Å². The van der Waals surface area contributed by atoms with E-state index in [1.165, 1.54) is 16.8 Å². The van der Waals surface area contributed by atoms with Crippen LogP contribution in [0.1, 0.15) is 16.7 Å². The summed E-state index contributed by atoms with van der Waals surface area (Å²) in [6.45, 7) is 6.85. The van der Waals surface area contributed by atoms with Gasteiger partial charge >= 0.3 is 0 Å². The van der Waals surface area contributed by atoms with E-state index in [0.717, 1.165) is 11.3 Å². The molecule has 0 spiro atoms. The fourth-order valence-electron chi connectivity index (χ4n) is 2.01. The summed E-state index contributed by atoms with van der Waals surface area (Å²) >= 11 is 0. The van der Waals surface area contributed by atoms with E-state index in [1.54, 1.807) is 14.2 Å². The van der Waals surface area contributed by atoms with Crippen LogP contribution in [0.4, 0.5) is 5.69 Å². The zero-order valence-electron chi connectivity index (χ0n) is 11.0. The molecule has 0 aliphatic carbocycles. The molecule has 3 nitrogen and oxygen atoms in total. The summed E-state index contributed by atoms with van der Waals surface area (Å²) in [4.78, 5) is 2.09. The van der Waals surface area contributed by atoms with Gasteiger partial charge in [-0.05, 0) is 43.5 Å². The Labute approximate surface area is 98.0 Å². The van der Waals surface area contributed by atoms with Crippen LogP contribution in [0.15, 0.2) is 6.07 Å². The zero-order chi connectivity index (χ0) is 12.3. The van der Waals surface area contributed by atoms with Crippen LogP contribution in [0.25, 0.3) is 0 Å². The van der Waals surface area contributed by atoms with Crippen molar-refractivity contribution in [3.05, 3.63) is 22.8 Å². The zero-order valence-corrected chi connectivity index (χ0v) is 11.0. The quantitative estimate of drug-likeness (QED) is 0.732. The van der Waals surface area contributed by atoms with Crippen molar-refractivity contribution < 1.29 is 9.47 Å². The summed E-state index contributed by atoms with van der Waals surface area (Å²) in [5, 5.41) is 0. The van der Waals surface area contributed by atoms with E-state index < -0.39 is 0 Å². The van der Waals surface area contributed by atoms with Crippen LogP contribution in [0.3, 0.4) is 0 Å². The molecule has 0 aliphatic rings. The number of rotatable bonds is 4. The Morgan fingerprint density at radius 1 is 1.12 bits per heavy atom. The average Bonchev–Trinajstić information content (AvgIpc) is 2.24. The first kappa shape index (κ1) is 12.8. The molecule has 0 amide bonds. The maximum Gasteiger partial charge on any atom is 0.125 e. The van der Waals surface area contributed by atoms with E-state index in [2.05, 4.69) is 31.7 Å². The van der Waals surface area contributed by atoms with Gasteiger partial charge in [0, 0.05) is 19.8 Å². The van der Waals surface area contributed by atoms with E-state index in [-0.39, 0.29) is 0 Å². The molecule has 0 aliphatic heterocycles. The van der Waals surface area contributed by atoms with E-state index in [9.17, 15) is 0 Å². The second-order valence-corrected chi connectivity index (χ2v) is 4.11. The van der Waals surface area contributed by atoms with E-state index in [0.29, 0.717) is 6.73 Å². The van der Waals surface area contributed by atoms with Gasteiger partial charge in [-0.3, -0.25) is 0 Å². The van der Waals surface area contributed by atoms with E-state index in [1.807, 2.05) is 7.05 Å². The molecule has 90 valence electrons. The fraction of sp³-hybridized carbons (Fsp3) is 0.538. The summed E-state index contributed by atoms with van der Waals surface area (Å²) in [6.07, 6.45) is 0. The van der Waals surface area contributed by atoms with Crippen molar-refractivity contribution >= 4 is 5.69 Å². The maximum absolute atomic E-state index is 5.40. The first-order valence-corrected chi connectivity index (χ1v) is 5.37. The lowest BCUT2D eigenvalue weighted by molar-refractivity contribution is 0.202. The van der Waals surface area contributed by atoms with Gasteiger partial charge in [0.1, 0.15) is 12.5 Å². The van der Waals surface area contributed by atoms with Gasteiger partial charge in [-0.1, -0.05) is 0 Å². The normalized spacial score (nSPS) is 10.4. The fourth-order valence-corrected chi connectivity index (χ4v) is 2.01. The molecular weight excluding hydrogens is 202 g/mol. The number of anilines is 1. The molecule has 0 saturated heterocycles. The SMILES string of the molecule is COCN(C)c1cc(C)c(OC)c(C)c1C. The predicted octanol–water partition coefficient (Wildman–Crippen LogP) is 2.66. The van der Waals surface area contributed by atoms with Crippen LogP contribution < -0.4 is 9.64 Å². The standard InChI is InChI=1S/C13H21NO2/c1-9-7-12(14(4)8-15-5)10(2)11(3)13(9)16-6/h7H,8H2,1-6H3. The average molecular weight is 223 g/mol. The summed E-state index contributed by atoms with van der Waals surface area (Å²) in [6, 6.07) is 2.14. The van der Waals surface area contributed by atoms with Crippen LogP contribution in [0, 0.1) is 20.8 Å². The minimum absolute atomic E-state index is 0.589. The third-order valence-corrected chi connectivity index (χ3v) is 2.94. The molecule has 0 fully saturated rings. The van der Waals surface area contributed by atoms with Crippen molar-refractivity contribution in [2.24, 2.45) is 0 Å². The summed E-state index contributed by atoms with van der Waals surface area (Å²) in [5.74, 6) is 0.979. The Balaban J connectivity index is 3.22. The Bertz CT molecular complexity index is 375. The molecule has 1 rings (SSSR count). The van der Waals surface area contributed by atoms with Crippen molar-refractivity contribution in [1.82, 2.24) is 0 Å². The van der Waals surface area contributed by atoms with Gasteiger partial charge in [0.05, 0.1) is 7.11 Å². The highest BCUT2D eigenvalue weighted by atomic mass is 16.5. The lowest BCUT2D eigenvalue weighted by atomic mass is 10.0. The minimum atomic E-state index is 0.589. The molecule has 0 saturated carbocycles. The first-order chi connectivity index (χ1) is 7.52. The van der Waals surface area contributed by atoms with Crippen LogP contribution in [0.2, 0.25) is 0 Å². The third kappa shape index (κ3) is 2.30. The van der Waals surface area contributed by atoms with Crippen molar-refractivity contribution in [3.63, 3.8) is 0 Å². The molecule has 0 radical (unpaired) electrons. The molecule has 0 bridgehead atoms. The highest BCUT2D eigenvalue weighted by Gasteiger charge is 2.12. The number of benzene rings is 1. The summed E-state index contributed by atoms with van der Waals surface area (Å²) in [5.41, 5.74) is 4.78. The molecule has 0 aromatic heterocycles. The Morgan fingerprint density at radius 2 is 1.75 bits per heavy atom. The van der Waals surface area contributed by atoms with Gasteiger partial charge in [0.25, 0.3) is 0 Å². The second kappa shape index (κ2) is 5.21. The van der Waals surface area contributed by atoms with Crippen molar-refractivity contribution in [2.45, 2.75) is 20.8 Å². The highest BCUT2D eigenvalue weighted by Crippen LogP contribution is 2.32. The van der Waals surface area contributed by atoms with Crippen LogP contribution in [0.5, 0.6) is 5.75 Å². The lowest BCUT2D eigenvalue weighted by Gasteiger charge is -2.23. The predicted molar refractivity (Wildman–Crippen MR) is 67.5 cm³/mol. The molecule has 0 atom stereocenters. The Morgan fingerprint density at radius 3 is 2.25 bits per heavy atom. The van der Waals surface area contributed by atoms with Crippen LogP contribution in [-0.4, -0.2) is 28.0 Å². The topological polar surface area (TPSA) is 21.7 Å². The lowest BCUT2D eigenvalue weighted by Crippen LogP contribution is -2.21. The maximum atomic E-state index is 5.40. The van der Waals surface area contributed by atoms with Gasteiger partial charge in [0.15, 0.2) is 0 Å². The van der Waals surface area contributed by atoms with Gasteiger partial charge in [-0.2, -0.15) is 0 Å². The second-order valence-electron chi connectivity index (χ2n) is 4.11. The molecule has 0 heterocycles. The summed E-state index contributed by atoms with van der Waals surface area (Å²) < 4.78 is 10.5. The molecule has 0 unspecified atom stereocenters. The molecule has 3 heteroatoms. The Kier molecular flexibility index (Phi) is 4.19. The summed E-state index contributed by atoms with van der Waals surface area (Å²) in [7, 11) is 5.44. The third-order valence-electron chi connectivity index (χ3n) is 2.94. The monoisotopic (exact) mass is 223 g/mol. The van der Waals surface area contributed by atoms with Gasteiger partial charge in [-0.15, -0.1) is 0 Å². The molecule has 16 heavy (non-hydrogen) atoms. The number of methoxy groups -OCH3 is 2. The van der Waals surface area contributed by atoms with Gasteiger partial charge in [-0.25, -0.2) is 0 Å². The van der Waals surface area contributed by atoms with Crippen LogP contribution >= 0.6 is 0 Å². The van der Waals surface area contributed by atoms with Gasteiger partial charge < -0.3 is 14.4 Å². The highest BCUT2D eigenvalue weighted by molar-refractivity contribution is 5.62. The number of ether oxygens (including phenoxy) is 2. The van der Waals surface area contributed by atoms with E-state index >= 15 is 0 Å². The molecule has 1 aromatic rings. The van der Waals surface area contributed by atoms with Gasteiger partial charge in [0.2, 0.25) is 0 Å². The number of aryl methyl sites for hydroxylation is 1. The van der Waals surface area contributed by atoms with E-state index in [4.69, 9.17) is 9.47 Å². The minimum Gasteiger partial charge on any atom is -0.496 e. The molecular formula is C13H21NO2. The Hall–Kier alpha value is -1.22. The van der Waals surface area contributed by atoms with Crippen molar-refractivity contribution in [2.75, 3.05) is 32.9 Å². The first-order valence-electron chi connectivity index (χ1n) is 5.37. The number of hydrogen-bond donors (Lipinski definition) is 0. The number of hydrogen-bond acceptors (Lipinski definition) is 3. The smallest absolute Gasteiger partial charge is 0.125 e.